The third-order valence-electron chi connectivity index (χ3n) is 1.65. The van der Waals surface area contributed by atoms with Crippen molar-refractivity contribution in [3.05, 3.63) is 12.7 Å². The fourth-order valence-electron chi connectivity index (χ4n) is 1.11. The van der Waals surface area contributed by atoms with Crippen molar-refractivity contribution < 1.29 is 0 Å². The van der Waals surface area contributed by atoms with Crippen LogP contribution in [0.4, 0.5) is 0 Å². The first-order valence-electron chi connectivity index (χ1n) is 3.95. The van der Waals surface area contributed by atoms with Crippen LogP contribution in [-0.4, -0.2) is 28.3 Å². The van der Waals surface area contributed by atoms with Crippen LogP contribution in [0.1, 0.15) is 6.42 Å². The maximum absolute atomic E-state index is 5.43. The second-order valence-corrected chi connectivity index (χ2v) is 3.08. The zero-order valence-corrected chi connectivity index (χ0v) is 8.08. The van der Waals surface area contributed by atoms with Crippen LogP contribution in [0.15, 0.2) is 32.6 Å². The first-order valence-corrected chi connectivity index (χ1v) is 4.36. The Balaban J connectivity index is 2.38. The number of fused-ring (bicyclic) bond motifs is 1. The van der Waals surface area contributed by atoms with Gasteiger partial charge in [0.1, 0.15) is 11.5 Å². The van der Waals surface area contributed by atoms with Crippen LogP contribution >= 0.6 is 12.2 Å². The Morgan fingerprint density at radius 2 is 2.07 bits per heavy atom. The second kappa shape index (κ2) is 3.22. The van der Waals surface area contributed by atoms with Gasteiger partial charge >= 0.3 is 0 Å². The highest BCUT2D eigenvalue weighted by molar-refractivity contribution is 7.82. The molecule has 0 aromatic carbocycles. The number of nitrogens with two attached hydrogens (primary N) is 1. The van der Waals surface area contributed by atoms with E-state index in [2.05, 4.69) is 26.5 Å². The van der Waals surface area contributed by atoms with E-state index in [1.54, 1.807) is 6.08 Å². The molecule has 0 aromatic rings. The van der Waals surface area contributed by atoms with Gasteiger partial charge in [0, 0.05) is 6.42 Å². The Morgan fingerprint density at radius 1 is 1.29 bits per heavy atom. The summed E-state index contributed by atoms with van der Waals surface area (Å²) >= 11 is 4.98. The van der Waals surface area contributed by atoms with E-state index in [9.17, 15) is 0 Å². The molecule has 0 fully saturated rings. The second-order valence-electron chi connectivity index (χ2n) is 2.69. The summed E-state index contributed by atoms with van der Waals surface area (Å²) in [7, 11) is 0. The molecule has 0 aliphatic carbocycles. The average Bonchev–Trinajstić information content (AvgIpc) is 2.48. The molecular weight excluding hydrogens is 198 g/mol. The number of hydrogen-bond acceptors (Lipinski definition) is 5. The molecule has 0 saturated heterocycles. The fraction of sp³-hybridized carbons (Fsp3) is 0.125. The Morgan fingerprint density at radius 3 is 2.79 bits per heavy atom. The molecule has 0 radical (unpaired) electrons. The van der Waals surface area contributed by atoms with E-state index >= 15 is 0 Å². The van der Waals surface area contributed by atoms with Crippen LogP contribution < -0.4 is 5.73 Å². The van der Waals surface area contributed by atoms with Crippen LogP contribution in [-0.2, 0) is 0 Å². The van der Waals surface area contributed by atoms with Crippen LogP contribution in [0.5, 0.6) is 0 Å². The third kappa shape index (κ3) is 1.39. The first kappa shape index (κ1) is 8.89. The van der Waals surface area contributed by atoms with Gasteiger partial charge in [-0.3, -0.25) is 0 Å². The summed E-state index contributed by atoms with van der Waals surface area (Å²) in [6.07, 6.45) is 2.30. The van der Waals surface area contributed by atoms with Gasteiger partial charge in [0.05, 0.1) is 0 Å². The monoisotopic (exact) mass is 205 g/mol. The highest BCUT2D eigenvalue weighted by Crippen LogP contribution is 2.09. The number of nitrogens with zero attached hydrogens (tertiary/aromatic N) is 4. The molecule has 0 atom stereocenters. The van der Waals surface area contributed by atoms with E-state index < -0.39 is 0 Å². The van der Waals surface area contributed by atoms with Crippen molar-refractivity contribution >= 4 is 40.5 Å². The van der Waals surface area contributed by atoms with Crippen LogP contribution in [0.3, 0.4) is 0 Å². The lowest BCUT2D eigenvalue weighted by molar-refractivity contribution is 1.41. The lowest BCUT2D eigenvalue weighted by Crippen LogP contribution is -2.27. The molecule has 0 saturated carbocycles. The average molecular weight is 205 g/mol. The van der Waals surface area contributed by atoms with E-state index in [4.69, 9.17) is 18.0 Å². The summed E-state index contributed by atoms with van der Waals surface area (Å²) in [5, 5.41) is 0. The summed E-state index contributed by atoms with van der Waals surface area (Å²) in [6.45, 7) is 3.60. The smallest absolute Gasteiger partial charge is 0.223 e. The molecule has 2 N–H and O–H groups in total. The summed E-state index contributed by atoms with van der Waals surface area (Å²) in [5.74, 6) is 1.23. The summed E-state index contributed by atoms with van der Waals surface area (Å²) in [6, 6.07) is 0. The molecule has 0 unspecified atom stereocenters. The molecule has 2 heterocycles. The normalized spacial score (nSPS) is 19.3. The van der Waals surface area contributed by atoms with Gasteiger partial charge in [-0.1, -0.05) is 18.3 Å². The molecule has 0 aromatic heterocycles. The topological polar surface area (TPSA) is 75.5 Å². The minimum atomic E-state index is 0.132. The standard InChI is InChI=1S/C8H7N5S/c1-2-3-4-10-5-6(11-4)12-8(9)13-7(5)14/h2H,1,3H2,(H2,9,13,14). The maximum Gasteiger partial charge on any atom is 0.223 e. The Labute approximate surface area is 85.9 Å². The van der Waals surface area contributed by atoms with Crippen molar-refractivity contribution in [3.63, 3.8) is 0 Å². The van der Waals surface area contributed by atoms with Crippen molar-refractivity contribution in [3.8, 4) is 0 Å². The molecule has 5 nitrogen and oxygen atoms in total. The molecule has 2 aliphatic rings. The van der Waals surface area contributed by atoms with Gasteiger partial charge in [-0.05, 0) is 0 Å². The molecule has 0 amide bonds. The number of thiocarbonyl (C=S) groups is 1. The molecule has 0 spiro atoms. The molecule has 6 heteroatoms. The minimum absolute atomic E-state index is 0.132. The maximum atomic E-state index is 5.43. The molecule has 14 heavy (non-hydrogen) atoms. The molecule has 0 bridgehead atoms. The van der Waals surface area contributed by atoms with Crippen LogP contribution in [0.2, 0.25) is 0 Å². The summed E-state index contributed by atoms with van der Waals surface area (Å²) in [5.41, 5.74) is 5.96. The van der Waals surface area contributed by atoms with Gasteiger partial charge in [-0.2, -0.15) is 9.98 Å². The van der Waals surface area contributed by atoms with Gasteiger partial charge in [0.2, 0.25) is 5.96 Å². The SMILES string of the molecule is C=CCC1=NC2=NC(N)=NC(=S)C2=N1. The molecule has 70 valence electrons. The lowest BCUT2D eigenvalue weighted by Gasteiger charge is -2.03. The van der Waals surface area contributed by atoms with Crippen molar-refractivity contribution in [1.82, 2.24) is 0 Å². The summed E-state index contributed by atoms with van der Waals surface area (Å²) < 4.78 is 0. The highest BCUT2D eigenvalue weighted by atomic mass is 32.1. The van der Waals surface area contributed by atoms with Gasteiger partial charge in [-0.25, -0.2) is 9.98 Å². The predicted octanol–water partition coefficient (Wildman–Crippen LogP) is 0.470. The Kier molecular flexibility index (Phi) is 2.05. The van der Waals surface area contributed by atoms with Crippen LogP contribution in [0.25, 0.3) is 0 Å². The number of amidine groups is 2. The zero-order chi connectivity index (χ0) is 10.1. The Bertz CT molecular complexity index is 441. The molecule has 2 aliphatic heterocycles. The number of hydrogen-bond donors (Lipinski definition) is 1. The Hall–Kier alpha value is -1.69. The molecule has 2 rings (SSSR count). The quantitative estimate of drug-likeness (QED) is 0.525. The van der Waals surface area contributed by atoms with E-state index in [0.29, 0.717) is 28.8 Å². The van der Waals surface area contributed by atoms with Gasteiger partial charge < -0.3 is 5.73 Å². The predicted molar refractivity (Wildman–Crippen MR) is 61.3 cm³/mol. The van der Waals surface area contributed by atoms with Gasteiger partial charge in [0.25, 0.3) is 0 Å². The van der Waals surface area contributed by atoms with Crippen molar-refractivity contribution in [2.75, 3.05) is 0 Å². The van der Waals surface area contributed by atoms with Gasteiger partial charge in [0.15, 0.2) is 10.8 Å². The van der Waals surface area contributed by atoms with E-state index in [1.165, 1.54) is 0 Å². The number of rotatable bonds is 2. The van der Waals surface area contributed by atoms with E-state index in [1.807, 2.05) is 0 Å². The third-order valence-corrected chi connectivity index (χ3v) is 1.94. The number of aliphatic imine (C=N–C) groups is 4. The van der Waals surface area contributed by atoms with Gasteiger partial charge in [-0.15, -0.1) is 6.58 Å². The summed E-state index contributed by atoms with van der Waals surface area (Å²) in [4.78, 5) is 16.4. The fourth-order valence-corrected chi connectivity index (χ4v) is 1.34. The number of guanidine groups is 1. The first-order chi connectivity index (χ1) is 6.70. The van der Waals surface area contributed by atoms with Crippen molar-refractivity contribution in [2.24, 2.45) is 25.7 Å². The van der Waals surface area contributed by atoms with Crippen molar-refractivity contribution in [1.29, 1.82) is 0 Å². The highest BCUT2D eigenvalue weighted by Gasteiger charge is 2.24. The molecular formula is C8H7N5S. The largest absolute Gasteiger partial charge is 0.368 e. The van der Waals surface area contributed by atoms with Crippen molar-refractivity contribution in [2.45, 2.75) is 6.42 Å². The zero-order valence-electron chi connectivity index (χ0n) is 7.27. The van der Waals surface area contributed by atoms with E-state index in [0.717, 1.165) is 0 Å². The van der Waals surface area contributed by atoms with E-state index in [-0.39, 0.29) is 5.96 Å². The van der Waals surface area contributed by atoms with Crippen LogP contribution in [0, 0.1) is 0 Å². The minimum Gasteiger partial charge on any atom is -0.368 e. The lowest BCUT2D eigenvalue weighted by atomic mass is 10.3.